The van der Waals surface area contributed by atoms with Gasteiger partial charge in [-0.1, -0.05) is 29.3 Å². The minimum atomic E-state index is 0. The molecule has 0 spiro atoms. The smallest absolute Gasteiger partial charge is 0.0852 e. The molecule has 139 valence electrons. The van der Waals surface area contributed by atoms with Crippen molar-refractivity contribution < 1.29 is 20.1 Å². The van der Waals surface area contributed by atoms with E-state index in [4.69, 9.17) is 9.98 Å². The van der Waals surface area contributed by atoms with E-state index in [2.05, 4.69) is 67.7 Å². The normalized spacial score (nSPS) is 19.3. The second-order valence-electron chi connectivity index (χ2n) is 7.36. The molecule has 0 N–H and O–H groups in total. The molecule has 0 bridgehead atoms. The first-order valence-corrected chi connectivity index (χ1v) is 8.96. The molecular formula is C22H21IrN4-. The van der Waals surface area contributed by atoms with Crippen LogP contribution in [0.25, 0.3) is 22.4 Å². The number of benzene rings is 2. The van der Waals surface area contributed by atoms with Crippen molar-refractivity contribution in [2.24, 2.45) is 12.0 Å². The summed E-state index contributed by atoms with van der Waals surface area (Å²) in [6.07, 6.45) is 3.87. The van der Waals surface area contributed by atoms with Crippen molar-refractivity contribution in [2.75, 3.05) is 7.05 Å². The Morgan fingerprint density at radius 1 is 1.07 bits per heavy atom. The maximum Gasteiger partial charge on any atom is 0.0852 e. The van der Waals surface area contributed by atoms with Crippen molar-refractivity contribution in [1.82, 2.24) is 14.5 Å². The fraction of sp³-hybridized carbons (Fsp3) is 0.273. The minimum absolute atomic E-state index is 0. The first-order chi connectivity index (χ1) is 12.6. The molecule has 0 fully saturated rings. The van der Waals surface area contributed by atoms with Gasteiger partial charge < -0.3 is 9.47 Å². The Hall–Kier alpha value is -2.23. The number of aromatic nitrogens is 2. The van der Waals surface area contributed by atoms with Crippen molar-refractivity contribution in [2.45, 2.75) is 25.9 Å². The van der Waals surface area contributed by atoms with Crippen LogP contribution in [0.3, 0.4) is 0 Å². The van der Waals surface area contributed by atoms with Crippen LogP contribution < -0.4 is 0 Å². The van der Waals surface area contributed by atoms with Crippen LogP contribution in [0.15, 0.2) is 41.7 Å². The first kappa shape index (κ1) is 18.1. The number of hydrogen-bond acceptors (Lipinski definition) is 3. The molecule has 0 saturated heterocycles. The van der Waals surface area contributed by atoms with Gasteiger partial charge in [0.25, 0.3) is 0 Å². The molecule has 2 unspecified atom stereocenters. The zero-order valence-electron chi connectivity index (χ0n) is 15.8. The third-order valence-electron chi connectivity index (χ3n) is 5.73. The average Bonchev–Trinajstić information content (AvgIpc) is 3.18. The van der Waals surface area contributed by atoms with E-state index in [1.165, 1.54) is 33.5 Å². The fourth-order valence-electron chi connectivity index (χ4n) is 4.58. The number of fused-ring (bicyclic) bond motifs is 6. The van der Waals surface area contributed by atoms with Crippen LogP contribution in [0.5, 0.6) is 0 Å². The van der Waals surface area contributed by atoms with E-state index in [0.717, 1.165) is 11.3 Å². The molecule has 5 rings (SSSR count). The van der Waals surface area contributed by atoms with Gasteiger partial charge in [0.2, 0.25) is 0 Å². The van der Waals surface area contributed by atoms with E-state index >= 15 is 0 Å². The van der Waals surface area contributed by atoms with Crippen LogP contribution in [-0.2, 0) is 27.2 Å². The number of aryl methyl sites for hydroxylation is 3. The SMILES string of the molecule is Cc1cccc(C)c1-c1cc[c-]c2c1C1N=CN(C)C1c1c-2ncn1C.[Ir]. The quantitative estimate of drug-likeness (QED) is 0.439. The summed E-state index contributed by atoms with van der Waals surface area (Å²) >= 11 is 0. The molecule has 1 aromatic heterocycles. The zero-order valence-corrected chi connectivity index (χ0v) is 18.2. The van der Waals surface area contributed by atoms with Gasteiger partial charge in [-0.05, 0) is 30.5 Å². The topological polar surface area (TPSA) is 33.4 Å². The minimum Gasteiger partial charge on any atom is -0.357 e. The summed E-state index contributed by atoms with van der Waals surface area (Å²) in [6.45, 7) is 4.37. The number of nitrogens with zero attached hydrogens (tertiary/aromatic N) is 4. The number of aliphatic imine (C=N–C) groups is 1. The second kappa shape index (κ2) is 6.43. The Balaban J connectivity index is 0.00000180. The molecule has 0 saturated carbocycles. The number of rotatable bonds is 1. The summed E-state index contributed by atoms with van der Waals surface area (Å²) in [5.41, 5.74) is 9.74. The van der Waals surface area contributed by atoms with E-state index in [0.29, 0.717) is 0 Å². The summed E-state index contributed by atoms with van der Waals surface area (Å²) in [6, 6.07) is 14.4. The van der Waals surface area contributed by atoms with Gasteiger partial charge in [0.05, 0.1) is 24.7 Å². The Labute approximate surface area is 173 Å². The predicted molar refractivity (Wildman–Crippen MR) is 104 cm³/mol. The number of likely N-dealkylation sites (N-methyl/N-ethyl adjacent to an activating group) is 1. The summed E-state index contributed by atoms with van der Waals surface area (Å²) in [7, 11) is 4.16. The molecule has 2 atom stereocenters. The van der Waals surface area contributed by atoms with Gasteiger partial charge in [-0.15, -0.1) is 23.8 Å². The third kappa shape index (κ3) is 2.45. The van der Waals surface area contributed by atoms with Gasteiger partial charge in [-0.25, -0.2) is 0 Å². The Morgan fingerprint density at radius 3 is 2.56 bits per heavy atom. The molecule has 3 aromatic rings. The predicted octanol–water partition coefficient (Wildman–Crippen LogP) is 4.24. The van der Waals surface area contributed by atoms with Crippen LogP contribution in [-0.4, -0.2) is 27.8 Å². The molecule has 1 aliphatic carbocycles. The van der Waals surface area contributed by atoms with E-state index < -0.39 is 0 Å². The van der Waals surface area contributed by atoms with Crippen molar-refractivity contribution in [3.8, 4) is 22.4 Å². The Kier molecular flexibility index (Phi) is 4.32. The number of imidazole rings is 1. The molecule has 2 aliphatic rings. The van der Waals surface area contributed by atoms with E-state index in [-0.39, 0.29) is 32.2 Å². The van der Waals surface area contributed by atoms with Crippen molar-refractivity contribution in [3.05, 3.63) is 65.1 Å². The molecule has 4 nitrogen and oxygen atoms in total. The molecule has 27 heavy (non-hydrogen) atoms. The monoisotopic (exact) mass is 534 g/mol. The van der Waals surface area contributed by atoms with Gasteiger partial charge in [0.1, 0.15) is 0 Å². The van der Waals surface area contributed by atoms with Gasteiger partial charge in [0.15, 0.2) is 0 Å². The number of hydrogen-bond donors (Lipinski definition) is 0. The third-order valence-corrected chi connectivity index (χ3v) is 5.73. The van der Waals surface area contributed by atoms with Crippen LogP contribution >= 0.6 is 0 Å². The maximum absolute atomic E-state index is 4.88. The summed E-state index contributed by atoms with van der Waals surface area (Å²) in [5.74, 6) is 0. The van der Waals surface area contributed by atoms with Crippen LogP contribution in [0.1, 0.15) is 34.5 Å². The van der Waals surface area contributed by atoms with Crippen LogP contribution in [0.2, 0.25) is 0 Å². The molecule has 2 heterocycles. The van der Waals surface area contributed by atoms with E-state index in [1.54, 1.807) is 0 Å². The second-order valence-corrected chi connectivity index (χ2v) is 7.36. The van der Waals surface area contributed by atoms with E-state index in [1.807, 2.05) is 18.7 Å². The average molecular weight is 534 g/mol. The summed E-state index contributed by atoms with van der Waals surface area (Å²) < 4.78 is 2.13. The fourth-order valence-corrected chi connectivity index (χ4v) is 4.58. The molecule has 5 heteroatoms. The van der Waals surface area contributed by atoms with Gasteiger partial charge >= 0.3 is 0 Å². The van der Waals surface area contributed by atoms with Crippen molar-refractivity contribution in [3.63, 3.8) is 0 Å². The summed E-state index contributed by atoms with van der Waals surface area (Å²) in [5, 5.41) is 0. The van der Waals surface area contributed by atoms with Gasteiger partial charge in [-0.2, -0.15) is 0 Å². The van der Waals surface area contributed by atoms with Crippen molar-refractivity contribution >= 4 is 6.34 Å². The molecule has 2 aromatic carbocycles. The summed E-state index contributed by atoms with van der Waals surface area (Å²) in [4.78, 5) is 11.8. The molecular weight excluding hydrogens is 512 g/mol. The van der Waals surface area contributed by atoms with Gasteiger partial charge in [-0.3, -0.25) is 9.98 Å². The van der Waals surface area contributed by atoms with E-state index in [9.17, 15) is 0 Å². The molecule has 1 radical (unpaired) electrons. The molecule has 1 aliphatic heterocycles. The Morgan fingerprint density at radius 2 is 1.81 bits per heavy atom. The van der Waals surface area contributed by atoms with Crippen LogP contribution in [0, 0.1) is 19.9 Å². The first-order valence-electron chi connectivity index (χ1n) is 8.96. The molecule has 0 amide bonds. The maximum atomic E-state index is 4.88. The zero-order chi connectivity index (χ0) is 18.0. The van der Waals surface area contributed by atoms with Crippen molar-refractivity contribution in [1.29, 1.82) is 0 Å². The van der Waals surface area contributed by atoms with Gasteiger partial charge in [0, 0.05) is 45.6 Å². The largest absolute Gasteiger partial charge is 0.357 e. The standard InChI is InChI=1S/C22H21N4.Ir/c1-13-7-5-8-14(2)17(13)15-9-6-10-16-18(15)20-22(26(4)12-24-20)21-19(16)23-11-25(21)3;/h5-9,11-12,20,22H,1-4H3;/q-1;. The Bertz CT molecular complexity index is 1050. The van der Waals surface area contributed by atoms with Crippen LogP contribution in [0.4, 0.5) is 0 Å².